The molecule has 1 aromatic rings. The van der Waals surface area contributed by atoms with Crippen molar-refractivity contribution in [3.05, 3.63) is 35.9 Å². The van der Waals surface area contributed by atoms with Crippen molar-refractivity contribution in [2.75, 3.05) is 12.4 Å². The van der Waals surface area contributed by atoms with Crippen molar-refractivity contribution in [3.8, 4) is 0 Å². The maximum absolute atomic E-state index is 11.5. The summed E-state index contributed by atoms with van der Waals surface area (Å²) in [6, 6.07) is 9.08. The van der Waals surface area contributed by atoms with Crippen LogP contribution in [0.5, 0.6) is 0 Å². The highest BCUT2D eigenvalue weighted by atomic mass is 32.2. The minimum atomic E-state index is -0.855. The van der Waals surface area contributed by atoms with Gasteiger partial charge in [-0.1, -0.05) is 37.3 Å². The minimum absolute atomic E-state index is 0.200. The van der Waals surface area contributed by atoms with Crippen molar-refractivity contribution in [2.45, 2.75) is 49.9 Å². The lowest BCUT2D eigenvalue weighted by Crippen LogP contribution is -2.65. The summed E-state index contributed by atoms with van der Waals surface area (Å²) >= 11 is 1.55. The van der Waals surface area contributed by atoms with Gasteiger partial charge in [-0.15, -0.1) is 11.8 Å². The van der Waals surface area contributed by atoms with Gasteiger partial charge in [-0.2, -0.15) is 0 Å². The van der Waals surface area contributed by atoms with E-state index < -0.39 is 24.5 Å². The van der Waals surface area contributed by atoms with Crippen LogP contribution in [0.15, 0.2) is 30.3 Å². The zero-order chi connectivity index (χ0) is 17.1. The first-order valence-corrected chi connectivity index (χ1v) is 9.19. The molecule has 6 nitrogen and oxygen atoms in total. The van der Waals surface area contributed by atoms with Gasteiger partial charge in [0.1, 0.15) is 23.7 Å². The van der Waals surface area contributed by atoms with Crippen molar-refractivity contribution in [1.29, 1.82) is 0 Å². The summed E-state index contributed by atoms with van der Waals surface area (Å²) in [5, 5.41) is 13.6. The second-order valence-corrected chi connectivity index (χ2v) is 7.27. The van der Waals surface area contributed by atoms with Crippen LogP contribution in [0.4, 0.5) is 0 Å². The zero-order valence-corrected chi connectivity index (χ0v) is 14.6. The number of carbonyl (C=O) groups excluding carboxylic acids is 1. The molecular weight excluding hydrogens is 330 g/mol. The second kappa shape index (κ2) is 7.84. The Hall–Kier alpha value is -1.12. The smallest absolute Gasteiger partial charge is 0.217 e. The number of benzene rings is 1. The summed E-state index contributed by atoms with van der Waals surface area (Å²) in [5.74, 6) is 0.619. The number of nitrogens with one attached hydrogen (secondary N) is 1. The Bertz CT molecular complexity index is 557. The predicted molar refractivity (Wildman–Crippen MR) is 90.4 cm³/mol. The van der Waals surface area contributed by atoms with Crippen molar-refractivity contribution >= 4 is 17.7 Å². The van der Waals surface area contributed by atoms with Crippen molar-refractivity contribution in [1.82, 2.24) is 5.32 Å². The van der Waals surface area contributed by atoms with Gasteiger partial charge in [-0.05, 0) is 5.75 Å². The van der Waals surface area contributed by atoms with Crippen LogP contribution in [-0.2, 0) is 19.0 Å². The van der Waals surface area contributed by atoms with Crippen molar-refractivity contribution in [3.63, 3.8) is 0 Å². The highest BCUT2D eigenvalue weighted by Crippen LogP contribution is 2.36. The van der Waals surface area contributed by atoms with Crippen LogP contribution < -0.4 is 5.32 Å². The lowest BCUT2D eigenvalue weighted by atomic mass is 9.96. The van der Waals surface area contributed by atoms with Gasteiger partial charge >= 0.3 is 0 Å². The molecule has 24 heavy (non-hydrogen) atoms. The van der Waals surface area contributed by atoms with Crippen molar-refractivity contribution < 1.29 is 24.1 Å². The molecular formula is C17H23NO5S. The molecule has 1 aromatic carbocycles. The van der Waals surface area contributed by atoms with E-state index >= 15 is 0 Å². The summed E-state index contributed by atoms with van der Waals surface area (Å²) in [5.41, 5.74) is 0.569. The lowest BCUT2D eigenvalue weighted by Gasteiger charge is -2.47. The Kier molecular flexibility index (Phi) is 5.78. The van der Waals surface area contributed by atoms with E-state index in [2.05, 4.69) is 5.32 Å². The molecule has 0 saturated carbocycles. The molecule has 0 spiro atoms. The molecule has 1 amide bonds. The van der Waals surface area contributed by atoms with Gasteiger partial charge in [0, 0.05) is 12.5 Å². The largest absolute Gasteiger partial charge is 0.388 e. The maximum Gasteiger partial charge on any atom is 0.217 e. The molecule has 2 aliphatic rings. The van der Waals surface area contributed by atoms with E-state index in [-0.39, 0.29) is 17.4 Å². The molecule has 0 radical (unpaired) electrons. The average Bonchev–Trinajstić information content (AvgIpc) is 2.59. The number of amides is 1. The fourth-order valence-electron chi connectivity index (χ4n) is 3.07. The third kappa shape index (κ3) is 3.75. The Morgan fingerprint density at radius 3 is 2.75 bits per heavy atom. The van der Waals surface area contributed by atoms with Crippen LogP contribution in [0, 0.1) is 0 Å². The number of ether oxygens (including phenoxy) is 3. The topological polar surface area (TPSA) is 77.0 Å². The number of rotatable bonds is 4. The number of carbonyl (C=O) groups is 1. The highest BCUT2D eigenvalue weighted by Gasteiger charge is 2.49. The standard InChI is InChI=1S/C17H23NO5S/c1-3-24-17-13(18-10(2)19)14(20)15-12(22-17)9-21-16(23-15)11-7-5-4-6-8-11/h4-8,12-17,20H,3,9H2,1-2H3,(H,18,19)/t12-,13+,14-,15-,16-,17+/m0/s1. The highest BCUT2D eigenvalue weighted by molar-refractivity contribution is 7.99. The summed E-state index contributed by atoms with van der Waals surface area (Å²) in [6.07, 6.45) is -2.30. The first-order valence-electron chi connectivity index (χ1n) is 8.14. The molecule has 2 saturated heterocycles. The Labute approximate surface area is 145 Å². The van der Waals surface area contributed by atoms with Crippen LogP contribution >= 0.6 is 11.8 Å². The summed E-state index contributed by atoms with van der Waals surface area (Å²) < 4.78 is 17.8. The molecule has 0 aromatic heterocycles. The fourth-order valence-corrected chi connectivity index (χ4v) is 4.05. The average molecular weight is 353 g/mol. The van der Waals surface area contributed by atoms with E-state index in [0.29, 0.717) is 6.61 Å². The molecule has 2 heterocycles. The molecule has 6 atom stereocenters. The van der Waals surface area contributed by atoms with Crippen LogP contribution in [-0.4, -0.2) is 53.2 Å². The molecule has 0 unspecified atom stereocenters. The monoisotopic (exact) mass is 353 g/mol. The fraction of sp³-hybridized carbons (Fsp3) is 0.588. The van der Waals surface area contributed by atoms with Crippen LogP contribution in [0.1, 0.15) is 25.7 Å². The van der Waals surface area contributed by atoms with E-state index in [9.17, 15) is 9.90 Å². The molecule has 132 valence electrons. The Morgan fingerprint density at radius 1 is 1.33 bits per heavy atom. The summed E-state index contributed by atoms with van der Waals surface area (Å²) in [4.78, 5) is 11.5. The summed E-state index contributed by atoms with van der Waals surface area (Å²) in [6.45, 7) is 3.79. The van der Waals surface area contributed by atoms with E-state index in [4.69, 9.17) is 14.2 Å². The molecule has 2 aliphatic heterocycles. The van der Waals surface area contributed by atoms with E-state index in [1.807, 2.05) is 37.3 Å². The predicted octanol–water partition coefficient (Wildman–Crippen LogP) is 1.44. The molecule has 0 aliphatic carbocycles. The van der Waals surface area contributed by atoms with Gasteiger partial charge in [0.15, 0.2) is 6.29 Å². The first kappa shape index (κ1) is 17.7. The van der Waals surface area contributed by atoms with E-state index in [1.54, 1.807) is 11.8 Å². The minimum Gasteiger partial charge on any atom is -0.388 e. The quantitative estimate of drug-likeness (QED) is 0.853. The Balaban J connectivity index is 1.76. The molecule has 2 N–H and O–H groups in total. The van der Waals surface area contributed by atoms with Gasteiger partial charge in [0.2, 0.25) is 5.91 Å². The number of hydrogen-bond acceptors (Lipinski definition) is 6. The number of thioether (sulfide) groups is 1. The lowest BCUT2D eigenvalue weighted by molar-refractivity contribution is -0.306. The molecule has 3 rings (SSSR count). The van der Waals surface area contributed by atoms with E-state index in [1.165, 1.54) is 6.92 Å². The van der Waals surface area contributed by atoms with Crippen molar-refractivity contribution in [2.24, 2.45) is 0 Å². The van der Waals surface area contributed by atoms with Gasteiger partial charge in [0.25, 0.3) is 0 Å². The van der Waals surface area contributed by atoms with Crippen LogP contribution in [0.25, 0.3) is 0 Å². The number of aliphatic hydroxyl groups excluding tert-OH is 1. The normalized spacial score (nSPS) is 36.0. The number of hydrogen-bond donors (Lipinski definition) is 2. The third-order valence-corrected chi connectivity index (χ3v) is 5.20. The Morgan fingerprint density at radius 2 is 2.08 bits per heavy atom. The third-order valence-electron chi connectivity index (χ3n) is 4.14. The number of aliphatic hydroxyl groups is 1. The first-order chi connectivity index (χ1) is 11.6. The maximum atomic E-state index is 11.5. The molecule has 0 bridgehead atoms. The summed E-state index contributed by atoms with van der Waals surface area (Å²) in [7, 11) is 0. The van der Waals surface area contributed by atoms with Gasteiger partial charge < -0.3 is 24.6 Å². The zero-order valence-electron chi connectivity index (χ0n) is 13.8. The molecule has 7 heteroatoms. The van der Waals surface area contributed by atoms with Gasteiger partial charge in [0.05, 0.1) is 12.6 Å². The van der Waals surface area contributed by atoms with E-state index in [0.717, 1.165) is 11.3 Å². The SMILES string of the molecule is CCS[C@H]1O[C@H]2CO[C@H](c3ccccc3)O[C@@H]2[C@@H](O)[C@H]1NC(C)=O. The number of fused-ring (bicyclic) bond motifs is 1. The molecule has 2 fully saturated rings. The van der Waals surface area contributed by atoms with Gasteiger partial charge in [-0.25, -0.2) is 0 Å². The van der Waals surface area contributed by atoms with Crippen LogP contribution in [0.2, 0.25) is 0 Å². The van der Waals surface area contributed by atoms with Gasteiger partial charge in [-0.3, -0.25) is 4.79 Å². The second-order valence-electron chi connectivity index (χ2n) is 5.89. The van der Waals surface area contributed by atoms with Crippen LogP contribution in [0.3, 0.4) is 0 Å².